The Morgan fingerprint density at radius 2 is 2.06 bits per heavy atom. The maximum absolute atomic E-state index is 11.3. The molecule has 0 bridgehead atoms. The van der Waals surface area contributed by atoms with Crippen molar-refractivity contribution in [1.82, 2.24) is 5.32 Å². The van der Waals surface area contributed by atoms with Gasteiger partial charge in [0, 0.05) is 12.1 Å². The van der Waals surface area contributed by atoms with Crippen LogP contribution >= 0.6 is 0 Å². The zero-order chi connectivity index (χ0) is 13.6. The van der Waals surface area contributed by atoms with Gasteiger partial charge in [-0.3, -0.25) is 0 Å². The lowest BCUT2D eigenvalue weighted by Crippen LogP contribution is -2.16. The highest BCUT2D eigenvalue weighted by Crippen LogP contribution is 2.22. The van der Waals surface area contributed by atoms with E-state index >= 15 is 0 Å². The maximum Gasteiger partial charge on any atom is 0.238 e. The molecule has 0 saturated heterocycles. The minimum absolute atomic E-state index is 0.110. The minimum Gasteiger partial charge on any atom is -0.493 e. The molecule has 0 heterocycles. The molecule has 0 aliphatic rings. The highest BCUT2D eigenvalue weighted by Gasteiger charge is 2.12. The number of nitrogens with one attached hydrogen (secondary N) is 1. The number of rotatable bonds is 7. The number of hydrogen-bond donors (Lipinski definition) is 2. The number of nitrogens with two attached hydrogens (primary N) is 1. The van der Waals surface area contributed by atoms with Crippen LogP contribution in [0.1, 0.15) is 25.8 Å². The lowest BCUT2D eigenvalue weighted by atomic mass is 10.2. The first-order valence-electron chi connectivity index (χ1n) is 5.98. The van der Waals surface area contributed by atoms with E-state index in [0.717, 1.165) is 18.5 Å². The van der Waals surface area contributed by atoms with E-state index in [1.807, 2.05) is 13.8 Å². The zero-order valence-electron chi connectivity index (χ0n) is 10.8. The third-order valence-electron chi connectivity index (χ3n) is 2.39. The van der Waals surface area contributed by atoms with Crippen LogP contribution in [0.2, 0.25) is 0 Å². The van der Waals surface area contributed by atoms with Gasteiger partial charge in [-0.2, -0.15) is 0 Å². The normalized spacial score (nSPS) is 11.5. The summed E-state index contributed by atoms with van der Waals surface area (Å²) in [5.41, 5.74) is 0.803. The van der Waals surface area contributed by atoms with Crippen molar-refractivity contribution in [1.29, 1.82) is 0 Å². The summed E-state index contributed by atoms with van der Waals surface area (Å²) in [5, 5.41) is 8.26. The molecule has 18 heavy (non-hydrogen) atoms. The lowest BCUT2D eigenvalue weighted by Gasteiger charge is -2.12. The van der Waals surface area contributed by atoms with Crippen LogP contribution in [0, 0.1) is 0 Å². The van der Waals surface area contributed by atoms with Crippen molar-refractivity contribution >= 4 is 10.0 Å². The molecule has 0 amide bonds. The van der Waals surface area contributed by atoms with Gasteiger partial charge >= 0.3 is 0 Å². The molecular weight excluding hydrogens is 252 g/mol. The Hall–Kier alpha value is -1.11. The van der Waals surface area contributed by atoms with E-state index < -0.39 is 10.0 Å². The van der Waals surface area contributed by atoms with Crippen molar-refractivity contribution in [3.63, 3.8) is 0 Å². The van der Waals surface area contributed by atoms with Crippen LogP contribution in [0.15, 0.2) is 23.1 Å². The molecule has 0 aliphatic heterocycles. The average Bonchev–Trinajstić information content (AvgIpc) is 2.33. The third kappa shape index (κ3) is 4.29. The average molecular weight is 272 g/mol. The summed E-state index contributed by atoms with van der Waals surface area (Å²) in [6.45, 7) is 5.96. The topological polar surface area (TPSA) is 81.4 Å². The predicted molar refractivity (Wildman–Crippen MR) is 71.0 cm³/mol. The molecular formula is C12H20N2O3S. The maximum atomic E-state index is 11.3. The van der Waals surface area contributed by atoms with Crippen LogP contribution in [-0.2, 0) is 16.6 Å². The Bertz CT molecular complexity index is 486. The van der Waals surface area contributed by atoms with E-state index in [2.05, 4.69) is 5.32 Å². The summed E-state index contributed by atoms with van der Waals surface area (Å²) in [6, 6.07) is 4.68. The number of hydrogen-bond acceptors (Lipinski definition) is 4. The standard InChI is InChI=1S/C12H20N2O3S/c1-3-7-17-12-6-5-11(18(13,15)16)8-10(12)9-14-4-2/h5-6,8,14H,3-4,7,9H2,1-2H3,(H2,13,15,16). The molecule has 6 heteroatoms. The first kappa shape index (κ1) is 14.9. The van der Waals surface area contributed by atoms with Gasteiger partial charge in [-0.15, -0.1) is 0 Å². The molecule has 0 atom stereocenters. The van der Waals surface area contributed by atoms with Crippen molar-refractivity contribution in [2.24, 2.45) is 5.14 Å². The van der Waals surface area contributed by atoms with E-state index in [1.165, 1.54) is 6.07 Å². The van der Waals surface area contributed by atoms with E-state index in [4.69, 9.17) is 9.88 Å². The minimum atomic E-state index is -3.67. The molecule has 1 rings (SSSR count). The van der Waals surface area contributed by atoms with Crippen molar-refractivity contribution in [3.8, 4) is 5.75 Å². The van der Waals surface area contributed by atoms with Crippen molar-refractivity contribution in [2.45, 2.75) is 31.7 Å². The molecule has 1 aromatic carbocycles. The largest absolute Gasteiger partial charge is 0.493 e. The zero-order valence-corrected chi connectivity index (χ0v) is 11.6. The Kier molecular flexibility index (Phi) is 5.58. The Balaban J connectivity index is 3.03. The predicted octanol–water partition coefficient (Wildman–Crippen LogP) is 1.23. The van der Waals surface area contributed by atoms with Gasteiger partial charge in [0.2, 0.25) is 10.0 Å². The van der Waals surface area contributed by atoms with Crippen LogP contribution in [0.25, 0.3) is 0 Å². The fourth-order valence-corrected chi connectivity index (χ4v) is 2.05. The number of ether oxygens (including phenoxy) is 1. The first-order valence-corrected chi connectivity index (χ1v) is 7.53. The van der Waals surface area contributed by atoms with E-state index in [9.17, 15) is 8.42 Å². The molecule has 1 aromatic rings. The van der Waals surface area contributed by atoms with Gasteiger partial charge in [0.25, 0.3) is 0 Å². The first-order chi connectivity index (χ1) is 8.49. The van der Waals surface area contributed by atoms with Gasteiger partial charge in [-0.05, 0) is 31.2 Å². The summed E-state index contributed by atoms with van der Waals surface area (Å²) >= 11 is 0. The van der Waals surface area contributed by atoms with Crippen LogP contribution in [0.3, 0.4) is 0 Å². The molecule has 0 fully saturated rings. The highest BCUT2D eigenvalue weighted by molar-refractivity contribution is 7.89. The van der Waals surface area contributed by atoms with Crippen LogP contribution in [-0.4, -0.2) is 21.6 Å². The van der Waals surface area contributed by atoms with Crippen LogP contribution in [0.5, 0.6) is 5.75 Å². The molecule has 0 aliphatic carbocycles. The van der Waals surface area contributed by atoms with Gasteiger partial charge in [-0.1, -0.05) is 13.8 Å². The molecule has 0 saturated carbocycles. The van der Waals surface area contributed by atoms with Crippen LogP contribution < -0.4 is 15.2 Å². The van der Waals surface area contributed by atoms with E-state index in [1.54, 1.807) is 12.1 Å². The van der Waals surface area contributed by atoms with Gasteiger partial charge in [0.1, 0.15) is 5.75 Å². The van der Waals surface area contributed by atoms with Crippen molar-refractivity contribution in [2.75, 3.05) is 13.2 Å². The summed E-state index contributed by atoms with van der Waals surface area (Å²) in [7, 11) is -3.67. The third-order valence-corrected chi connectivity index (χ3v) is 3.30. The quantitative estimate of drug-likeness (QED) is 0.782. The molecule has 3 N–H and O–H groups in total. The van der Waals surface area contributed by atoms with Crippen molar-refractivity contribution in [3.05, 3.63) is 23.8 Å². The van der Waals surface area contributed by atoms with Crippen LogP contribution in [0.4, 0.5) is 0 Å². The summed E-state index contributed by atoms with van der Waals surface area (Å²) in [6.07, 6.45) is 0.900. The number of sulfonamides is 1. The number of primary sulfonamides is 1. The molecule has 102 valence electrons. The van der Waals surface area contributed by atoms with E-state index in [0.29, 0.717) is 18.9 Å². The highest BCUT2D eigenvalue weighted by atomic mass is 32.2. The summed E-state index contributed by atoms with van der Waals surface area (Å²) in [5.74, 6) is 0.699. The fraction of sp³-hybridized carbons (Fsp3) is 0.500. The monoisotopic (exact) mass is 272 g/mol. The molecule has 5 nitrogen and oxygen atoms in total. The number of benzene rings is 1. The molecule has 0 spiro atoms. The summed E-state index contributed by atoms with van der Waals surface area (Å²) in [4.78, 5) is 0.110. The molecule has 0 aromatic heterocycles. The van der Waals surface area contributed by atoms with Gasteiger partial charge in [0.15, 0.2) is 0 Å². The fourth-order valence-electron chi connectivity index (χ4n) is 1.48. The second-order valence-electron chi connectivity index (χ2n) is 3.94. The SMILES string of the molecule is CCCOc1ccc(S(N)(=O)=O)cc1CNCC. The second kappa shape index (κ2) is 6.72. The van der Waals surface area contributed by atoms with Gasteiger partial charge in [-0.25, -0.2) is 13.6 Å². The van der Waals surface area contributed by atoms with Gasteiger partial charge < -0.3 is 10.1 Å². The van der Waals surface area contributed by atoms with Gasteiger partial charge in [0.05, 0.1) is 11.5 Å². The van der Waals surface area contributed by atoms with E-state index in [-0.39, 0.29) is 4.90 Å². The molecule has 0 radical (unpaired) electrons. The second-order valence-corrected chi connectivity index (χ2v) is 5.50. The molecule has 0 unspecified atom stereocenters. The Labute approximate surface area is 108 Å². The smallest absolute Gasteiger partial charge is 0.238 e. The Morgan fingerprint density at radius 1 is 1.33 bits per heavy atom. The summed E-state index contributed by atoms with van der Waals surface area (Å²) < 4.78 is 28.2. The Morgan fingerprint density at radius 3 is 2.61 bits per heavy atom. The van der Waals surface area contributed by atoms with Crippen molar-refractivity contribution < 1.29 is 13.2 Å². The lowest BCUT2D eigenvalue weighted by molar-refractivity contribution is 0.313.